The molecule has 3 aromatic heterocycles. The average Bonchev–Trinajstić information content (AvgIpc) is 3.95. The molecular formula is C54H36N2S. The zero-order chi connectivity index (χ0) is 37.5. The van der Waals surface area contributed by atoms with Gasteiger partial charge in [-0.05, 0) is 83.6 Å². The molecule has 3 heteroatoms. The fraction of sp³-hybridized carbons (Fsp3) is 0.0370. The lowest BCUT2D eigenvalue weighted by Crippen LogP contribution is -1.96. The van der Waals surface area contributed by atoms with Gasteiger partial charge in [-0.1, -0.05) is 146 Å². The van der Waals surface area contributed by atoms with Crippen LogP contribution < -0.4 is 0 Å². The molecule has 1 aliphatic rings. The Bertz CT molecular complexity index is 3440. The van der Waals surface area contributed by atoms with Crippen LogP contribution in [0.3, 0.4) is 0 Å². The highest BCUT2D eigenvalue weighted by Crippen LogP contribution is 2.46. The minimum Gasteiger partial charge on any atom is -0.309 e. The summed E-state index contributed by atoms with van der Waals surface area (Å²) in [6, 6.07) is 65.3. The molecule has 0 fully saturated rings. The molecule has 0 N–H and O–H groups in total. The van der Waals surface area contributed by atoms with Gasteiger partial charge in [-0.3, -0.25) is 0 Å². The third-order valence-corrected chi connectivity index (χ3v) is 13.2. The monoisotopic (exact) mass is 744 g/mol. The zero-order valence-electron chi connectivity index (χ0n) is 31.2. The van der Waals surface area contributed by atoms with Crippen LogP contribution in [0, 0.1) is 0 Å². The Labute approximate surface area is 334 Å². The second-order valence-electron chi connectivity index (χ2n) is 15.1. The van der Waals surface area contributed by atoms with Crippen molar-refractivity contribution in [3.05, 3.63) is 200 Å². The first kappa shape index (κ1) is 32.3. The maximum absolute atomic E-state index is 2.50. The minimum atomic E-state index is 1.09. The number of fused-ring (bicyclic) bond motifs is 9. The summed E-state index contributed by atoms with van der Waals surface area (Å²) < 4.78 is 7.60. The fourth-order valence-electron chi connectivity index (χ4n) is 9.47. The van der Waals surface area contributed by atoms with Crippen LogP contribution >= 0.6 is 11.3 Å². The lowest BCUT2D eigenvalue weighted by molar-refractivity contribution is 1.05. The summed E-state index contributed by atoms with van der Waals surface area (Å²) in [7, 11) is 0. The van der Waals surface area contributed by atoms with Crippen molar-refractivity contribution in [3.63, 3.8) is 0 Å². The van der Waals surface area contributed by atoms with Crippen molar-refractivity contribution >= 4 is 80.7 Å². The molecule has 0 unspecified atom stereocenters. The van der Waals surface area contributed by atoms with Gasteiger partial charge in [-0.2, -0.15) is 0 Å². The van der Waals surface area contributed by atoms with Crippen molar-refractivity contribution in [1.82, 2.24) is 9.13 Å². The van der Waals surface area contributed by atoms with Gasteiger partial charge in [-0.25, -0.2) is 0 Å². The number of thiophene rings is 1. The zero-order valence-corrected chi connectivity index (χ0v) is 32.0. The van der Waals surface area contributed by atoms with Crippen molar-refractivity contribution in [3.8, 4) is 33.6 Å². The molecular weight excluding hydrogens is 709 g/mol. The van der Waals surface area contributed by atoms with Crippen LogP contribution in [0.4, 0.5) is 0 Å². The van der Waals surface area contributed by atoms with Crippen molar-refractivity contribution in [2.75, 3.05) is 0 Å². The summed E-state index contributed by atoms with van der Waals surface area (Å²) in [6.45, 7) is 0. The van der Waals surface area contributed by atoms with Gasteiger partial charge in [0.1, 0.15) is 0 Å². The summed E-state index contributed by atoms with van der Waals surface area (Å²) in [4.78, 5) is 0. The van der Waals surface area contributed by atoms with Crippen molar-refractivity contribution in [2.24, 2.45) is 0 Å². The first-order chi connectivity index (χ1) is 28.3. The topological polar surface area (TPSA) is 9.86 Å². The van der Waals surface area contributed by atoms with Crippen LogP contribution in [0.15, 0.2) is 194 Å². The van der Waals surface area contributed by atoms with Crippen LogP contribution in [-0.2, 0) is 0 Å². The van der Waals surface area contributed by atoms with E-state index in [1.54, 1.807) is 0 Å². The Morgan fingerprint density at radius 1 is 0.439 bits per heavy atom. The van der Waals surface area contributed by atoms with E-state index in [4.69, 9.17) is 0 Å². The summed E-state index contributed by atoms with van der Waals surface area (Å²) in [5.41, 5.74) is 14.9. The fourth-order valence-corrected chi connectivity index (χ4v) is 10.7. The summed E-state index contributed by atoms with van der Waals surface area (Å²) in [5.74, 6) is 0. The van der Waals surface area contributed by atoms with E-state index in [0.717, 1.165) is 18.5 Å². The molecule has 0 amide bonds. The SMILES string of the molecule is C1=CCCC(c2ccc(-c3cc(-n4c5ccccc5c5c(-c6cccc7c8ccccc8n(-c8ccccc8)c67)cccc54)cc4c3sc3ccccc34)cc2)=C1. The van der Waals surface area contributed by atoms with Crippen LogP contribution in [0.2, 0.25) is 0 Å². The molecule has 12 rings (SSSR count). The van der Waals surface area contributed by atoms with Gasteiger partial charge < -0.3 is 9.13 Å². The van der Waals surface area contributed by atoms with Crippen LogP contribution in [-0.4, -0.2) is 9.13 Å². The molecule has 0 radical (unpaired) electrons. The van der Waals surface area contributed by atoms with Gasteiger partial charge in [-0.15, -0.1) is 11.3 Å². The maximum Gasteiger partial charge on any atom is 0.0619 e. The van der Waals surface area contributed by atoms with E-state index in [9.17, 15) is 0 Å². The van der Waals surface area contributed by atoms with E-state index in [-0.39, 0.29) is 0 Å². The lowest BCUT2D eigenvalue weighted by Gasteiger charge is -2.14. The van der Waals surface area contributed by atoms with E-state index < -0.39 is 0 Å². The summed E-state index contributed by atoms with van der Waals surface area (Å²) >= 11 is 1.90. The molecule has 0 spiro atoms. The molecule has 1 aliphatic carbocycles. The van der Waals surface area contributed by atoms with E-state index in [0.29, 0.717) is 0 Å². The first-order valence-electron chi connectivity index (χ1n) is 19.8. The summed E-state index contributed by atoms with van der Waals surface area (Å²) in [6.07, 6.45) is 8.90. The predicted molar refractivity (Wildman–Crippen MR) is 245 cm³/mol. The smallest absolute Gasteiger partial charge is 0.0619 e. The Kier molecular flexibility index (Phi) is 7.26. The third-order valence-electron chi connectivity index (χ3n) is 12.0. The van der Waals surface area contributed by atoms with Crippen molar-refractivity contribution in [1.29, 1.82) is 0 Å². The molecule has 0 bridgehead atoms. The molecule has 0 saturated heterocycles. The standard InChI is InChI=1S/C54H36N2S/c1-3-15-35(16-4-1)36-29-31-37(32-30-36)46-33-39(34-47-41-20-9-12-28-51(41)57-54(46)47)55-49-26-11-8-21-45(49)52-42(22-14-27-50(52)55)44-24-13-23-43-40-19-7-10-25-48(40)56(53(43)44)38-17-5-2-6-18-38/h1-3,5-15,17-34H,4,16H2. The Balaban J connectivity index is 1.14. The second-order valence-corrected chi connectivity index (χ2v) is 16.2. The van der Waals surface area contributed by atoms with E-state index >= 15 is 0 Å². The third kappa shape index (κ3) is 4.96. The molecule has 2 nitrogen and oxygen atoms in total. The number of para-hydroxylation sites is 4. The lowest BCUT2D eigenvalue weighted by atomic mass is 9.94. The number of allylic oxidation sites excluding steroid dienone is 4. The van der Waals surface area contributed by atoms with Gasteiger partial charge in [0.05, 0.1) is 22.1 Å². The van der Waals surface area contributed by atoms with Crippen LogP contribution in [0.5, 0.6) is 0 Å². The van der Waals surface area contributed by atoms with Crippen molar-refractivity contribution < 1.29 is 0 Å². The Morgan fingerprint density at radius 2 is 1.11 bits per heavy atom. The number of rotatable bonds is 5. The number of benzene rings is 8. The molecule has 8 aromatic carbocycles. The highest BCUT2D eigenvalue weighted by atomic mass is 32.1. The molecule has 11 aromatic rings. The summed E-state index contributed by atoms with van der Waals surface area (Å²) in [5, 5.41) is 7.64. The van der Waals surface area contributed by atoms with Gasteiger partial charge in [0, 0.05) is 64.2 Å². The van der Waals surface area contributed by atoms with Gasteiger partial charge in [0.25, 0.3) is 0 Å². The van der Waals surface area contributed by atoms with Crippen LogP contribution in [0.1, 0.15) is 18.4 Å². The number of hydrogen-bond acceptors (Lipinski definition) is 1. The molecule has 57 heavy (non-hydrogen) atoms. The largest absolute Gasteiger partial charge is 0.309 e. The Morgan fingerprint density at radius 3 is 1.93 bits per heavy atom. The van der Waals surface area contributed by atoms with Gasteiger partial charge in [0.15, 0.2) is 0 Å². The van der Waals surface area contributed by atoms with Crippen molar-refractivity contribution in [2.45, 2.75) is 12.8 Å². The van der Waals surface area contributed by atoms with Gasteiger partial charge in [0.2, 0.25) is 0 Å². The molecule has 0 aliphatic heterocycles. The van der Waals surface area contributed by atoms with E-state index in [2.05, 4.69) is 203 Å². The predicted octanol–water partition coefficient (Wildman–Crippen LogP) is 15.3. The highest BCUT2D eigenvalue weighted by molar-refractivity contribution is 7.26. The molecule has 0 saturated carbocycles. The van der Waals surface area contributed by atoms with E-state index in [1.165, 1.54) is 103 Å². The molecule has 268 valence electrons. The van der Waals surface area contributed by atoms with Crippen LogP contribution in [0.25, 0.3) is 103 Å². The number of hydrogen-bond donors (Lipinski definition) is 0. The molecule has 0 atom stereocenters. The second kappa shape index (κ2) is 12.8. The number of aromatic nitrogens is 2. The number of nitrogens with zero attached hydrogens (tertiary/aromatic N) is 2. The Hall–Kier alpha value is -6.94. The normalized spacial score (nSPS) is 13.2. The first-order valence-corrected chi connectivity index (χ1v) is 20.6. The minimum absolute atomic E-state index is 1.09. The van der Waals surface area contributed by atoms with Gasteiger partial charge >= 0.3 is 0 Å². The highest BCUT2D eigenvalue weighted by Gasteiger charge is 2.22. The quantitative estimate of drug-likeness (QED) is 0.166. The maximum atomic E-state index is 2.50. The molecule has 3 heterocycles. The van der Waals surface area contributed by atoms with E-state index in [1.807, 2.05) is 11.3 Å². The average molecular weight is 745 g/mol.